The molecular weight excluding hydrogens is 305 g/mol. The highest BCUT2D eigenvalue weighted by atomic mass is 35.5. The van der Waals surface area contributed by atoms with E-state index in [0.29, 0.717) is 6.54 Å². The number of halogens is 2. The summed E-state index contributed by atoms with van der Waals surface area (Å²) in [4.78, 5) is 1.43. The minimum absolute atomic E-state index is 0.0728. The van der Waals surface area contributed by atoms with Crippen molar-refractivity contribution < 1.29 is 12.8 Å². The van der Waals surface area contributed by atoms with Crippen molar-refractivity contribution in [1.29, 1.82) is 0 Å². The molecule has 0 saturated carbocycles. The molecule has 0 unspecified atom stereocenters. The Morgan fingerprint density at radius 3 is 2.60 bits per heavy atom. The van der Waals surface area contributed by atoms with Crippen LogP contribution >= 0.6 is 11.6 Å². The molecule has 0 amide bonds. The molecule has 8 heteroatoms. The Morgan fingerprint density at radius 1 is 1.45 bits per heavy atom. The number of nitrogens with two attached hydrogens (primary N) is 1. The molecule has 5 nitrogen and oxygen atoms in total. The van der Waals surface area contributed by atoms with E-state index in [4.69, 9.17) is 17.3 Å². The van der Waals surface area contributed by atoms with Gasteiger partial charge >= 0.3 is 0 Å². The van der Waals surface area contributed by atoms with Gasteiger partial charge in [0.15, 0.2) is 5.82 Å². The van der Waals surface area contributed by atoms with E-state index in [1.165, 1.54) is 6.07 Å². The van der Waals surface area contributed by atoms with E-state index >= 15 is 0 Å². The largest absolute Gasteiger partial charge is 0.396 e. The number of hydrogen-bond donors (Lipinski definition) is 2. The summed E-state index contributed by atoms with van der Waals surface area (Å²) in [5, 5.41) is 0.0728. The number of benzene rings is 1. The van der Waals surface area contributed by atoms with Gasteiger partial charge < -0.3 is 10.6 Å². The number of hydrogen-bond acceptors (Lipinski definition) is 4. The Bertz CT molecular complexity index is 578. The first kappa shape index (κ1) is 17.2. The van der Waals surface area contributed by atoms with Crippen molar-refractivity contribution in [2.24, 2.45) is 0 Å². The van der Waals surface area contributed by atoms with Gasteiger partial charge in [-0.3, -0.25) is 0 Å². The average molecular weight is 324 g/mol. The van der Waals surface area contributed by atoms with Crippen molar-refractivity contribution in [3.8, 4) is 0 Å². The molecule has 1 aromatic rings. The van der Waals surface area contributed by atoms with E-state index < -0.39 is 20.7 Å². The normalized spacial score (nSPS) is 12.3. The van der Waals surface area contributed by atoms with Crippen LogP contribution in [-0.4, -0.2) is 39.5 Å². The minimum atomic E-state index is -3.97. The summed E-state index contributed by atoms with van der Waals surface area (Å²) in [6, 6.07) is 2.50. The van der Waals surface area contributed by atoms with Crippen molar-refractivity contribution in [3.63, 3.8) is 0 Å². The highest BCUT2D eigenvalue weighted by molar-refractivity contribution is 7.89. The topological polar surface area (TPSA) is 75.4 Å². The SMILES string of the molecule is CC(C)N(C)CCNS(=O)(=O)c1cc(Cl)cc(N)c1F. The standard InChI is InChI=1S/C12H19ClFN3O2S/c1-8(2)17(3)5-4-16-20(18,19)11-7-9(13)6-10(15)12(11)14/h6-8,16H,4-5,15H2,1-3H3. The van der Waals surface area contributed by atoms with Gasteiger partial charge in [0.2, 0.25) is 10.0 Å². The summed E-state index contributed by atoms with van der Waals surface area (Å²) in [7, 11) is -2.10. The molecule has 114 valence electrons. The molecule has 20 heavy (non-hydrogen) atoms. The molecule has 0 radical (unpaired) electrons. The van der Waals surface area contributed by atoms with Crippen molar-refractivity contribution in [2.45, 2.75) is 24.8 Å². The van der Waals surface area contributed by atoms with Gasteiger partial charge in [0, 0.05) is 24.2 Å². The molecule has 0 fully saturated rings. The Hall–Kier alpha value is -0.890. The lowest BCUT2D eigenvalue weighted by atomic mass is 10.3. The van der Waals surface area contributed by atoms with Crippen LogP contribution in [-0.2, 0) is 10.0 Å². The second-order valence-electron chi connectivity index (χ2n) is 4.78. The van der Waals surface area contributed by atoms with E-state index in [9.17, 15) is 12.8 Å². The third-order valence-corrected chi connectivity index (χ3v) is 4.64. The summed E-state index contributed by atoms with van der Waals surface area (Å²) in [6.45, 7) is 4.66. The summed E-state index contributed by atoms with van der Waals surface area (Å²) < 4.78 is 40.2. The minimum Gasteiger partial charge on any atom is -0.396 e. The zero-order chi connectivity index (χ0) is 15.5. The van der Waals surface area contributed by atoms with Crippen LogP contribution in [0.25, 0.3) is 0 Å². The molecule has 0 atom stereocenters. The fraction of sp³-hybridized carbons (Fsp3) is 0.500. The lowest BCUT2D eigenvalue weighted by Crippen LogP contribution is -2.36. The van der Waals surface area contributed by atoms with Crippen LogP contribution in [0.3, 0.4) is 0 Å². The van der Waals surface area contributed by atoms with Crippen molar-refractivity contribution in [2.75, 3.05) is 25.9 Å². The second-order valence-corrected chi connectivity index (χ2v) is 6.95. The number of likely N-dealkylation sites (N-methyl/N-ethyl adjacent to an activating group) is 1. The fourth-order valence-corrected chi connectivity index (χ4v) is 2.92. The molecule has 3 N–H and O–H groups in total. The van der Waals surface area contributed by atoms with Gasteiger partial charge in [0.05, 0.1) is 5.69 Å². The fourth-order valence-electron chi connectivity index (χ4n) is 1.47. The van der Waals surface area contributed by atoms with Crippen LogP contribution in [0.5, 0.6) is 0 Å². The quantitative estimate of drug-likeness (QED) is 0.781. The monoisotopic (exact) mass is 323 g/mol. The first-order valence-electron chi connectivity index (χ1n) is 6.09. The van der Waals surface area contributed by atoms with Gasteiger partial charge in [0.25, 0.3) is 0 Å². The molecule has 1 aromatic carbocycles. The number of sulfonamides is 1. The van der Waals surface area contributed by atoms with E-state index in [-0.39, 0.29) is 23.3 Å². The number of nitrogen functional groups attached to an aromatic ring is 1. The molecular formula is C12H19ClFN3O2S. The van der Waals surface area contributed by atoms with E-state index in [0.717, 1.165) is 6.07 Å². The van der Waals surface area contributed by atoms with Crippen LogP contribution in [0.2, 0.25) is 5.02 Å². The lowest BCUT2D eigenvalue weighted by Gasteiger charge is -2.21. The Morgan fingerprint density at radius 2 is 2.05 bits per heavy atom. The number of anilines is 1. The molecule has 0 spiro atoms. The molecule has 0 aliphatic rings. The van der Waals surface area contributed by atoms with Crippen molar-refractivity contribution in [3.05, 3.63) is 23.0 Å². The van der Waals surface area contributed by atoms with Gasteiger partial charge in [0.1, 0.15) is 4.90 Å². The van der Waals surface area contributed by atoms with Gasteiger partial charge in [-0.05, 0) is 33.0 Å². The van der Waals surface area contributed by atoms with Gasteiger partial charge in [-0.2, -0.15) is 0 Å². The van der Waals surface area contributed by atoms with Gasteiger partial charge in [-0.15, -0.1) is 0 Å². The Balaban J connectivity index is 2.85. The third kappa shape index (κ3) is 4.31. The second kappa shape index (κ2) is 6.71. The molecule has 0 aliphatic carbocycles. The summed E-state index contributed by atoms with van der Waals surface area (Å²) in [5.41, 5.74) is 5.08. The van der Waals surface area contributed by atoms with E-state index in [2.05, 4.69) is 4.72 Å². The predicted octanol–water partition coefficient (Wildman–Crippen LogP) is 1.68. The smallest absolute Gasteiger partial charge is 0.243 e. The van der Waals surface area contributed by atoms with Crippen LogP contribution in [0.1, 0.15) is 13.8 Å². The van der Waals surface area contributed by atoms with E-state index in [1.54, 1.807) is 0 Å². The number of nitrogens with zero attached hydrogens (tertiary/aromatic N) is 1. The zero-order valence-corrected chi connectivity index (χ0v) is 13.2. The Labute approximate surface area is 124 Å². The summed E-state index contributed by atoms with van der Waals surface area (Å²) in [5.74, 6) is -0.987. The van der Waals surface area contributed by atoms with Crippen LogP contribution in [0.4, 0.5) is 10.1 Å². The van der Waals surface area contributed by atoms with Crippen LogP contribution in [0, 0.1) is 5.82 Å². The maximum absolute atomic E-state index is 13.8. The average Bonchev–Trinajstić information content (AvgIpc) is 2.33. The van der Waals surface area contributed by atoms with Crippen LogP contribution < -0.4 is 10.5 Å². The zero-order valence-electron chi connectivity index (χ0n) is 11.7. The first-order chi connectivity index (χ1) is 9.15. The predicted molar refractivity (Wildman–Crippen MR) is 78.8 cm³/mol. The maximum atomic E-state index is 13.8. The number of rotatable bonds is 6. The lowest BCUT2D eigenvalue weighted by molar-refractivity contribution is 0.278. The maximum Gasteiger partial charge on any atom is 0.243 e. The van der Waals surface area contributed by atoms with E-state index in [1.807, 2.05) is 25.8 Å². The Kier molecular flexibility index (Phi) is 5.76. The molecule has 1 rings (SSSR count). The molecule has 0 saturated heterocycles. The van der Waals surface area contributed by atoms with Gasteiger partial charge in [-0.1, -0.05) is 11.6 Å². The van der Waals surface area contributed by atoms with Gasteiger partial charge in [-0.25, -0.2) is 17.5 Å². The first-order valence-corrected chi connectivity index (χ1v) is 7.95. The summed E-state index contributed by atoms with van der Waals surface area (Å²) >= 11 is 5.71. The third-order valence-electron chi connectivity index (χ3n) is 2.96. The summed E-state index contributed by atoms with van der Waals surface area (Å²) in [6.07, 6.45) is 0. The van der Waals surface area contributed by atoms with Crippen LogP contribution in [0.15, 0.2) is 17.0 Å². The molecule has 0 bridgehead atoms. The molecule has 0 heterocycles. The highest BCUT2D eigenvalue weighted by Crippen LogP contribution is 2.24. The highest BCUT2D eigenvalue weighted by Gasteiger charge is 2.21. The van der Waals surface area contributed by atoms with Crippen molar-refractivity contribution in [1.82, 2.24) is 9.62 Å². The van der Waals surface area contributed by atoms with Crippen molar-refractivity contribution >= 4 is 27.3 Å². The molecule has 0 aromatic heterocycles. The number of nitrogens with one attached hydrogen (secondary N) is 1. The molecule has 0 aliphatic heterocycles.